The third-order valence-electron chi connectivity index (χ3n) is 2.39. The minimum Gasteiger partial charge on any atom is -0.465 e. The van der Waals surface area contributed by atoms with E-state index in [1.165, 1.54) is 0 Å². The van der Waals surface area contributed by atoms with Crippen molar-refractivity contribution < 1.29 is 61.1 Å². The molecule has 1 aromatic carbocycles. The van der Waals surface area contributed by atoms with Crippen LogP contribution in [0.1, 0.15) is 10.4 Å². The Balaban J connectivity index is 3.61. The van der Waals surface area contributed by atoms with Crippen LogP contribution in [0.2, 0.25) is 0 Å². The van der Waals surface area contributed by atoms with Gasteiger partial charge in [-0.05, 0) is 28.1 Å². The Bertz CT molecular complexity index is 884. The predicted molar refractivity (Wildman–Crippen MR) is 76.7 cm³/mol. The van der Waals surface area contributed by atoms with Crippen molar-refractivity contribution in [2.24, 2.45) is 0 Å². The number of rotatable bonds is 5. The van der Waals surface area contributed by atoms with Gasteiger partial charge in [-0.15, -0.1) is 0 Å². The summed E-state index contributed by atoms with van der Waals surface area (Å²) in [5.74, 6) is -4.16. The van der Waals surface area contributed by atoms with Crippen LogP contribution in [0.3, 0.4) is 0 Å². The Labute approximate surface area is 155 Å². The molecule has 1 rings (SSSR count). The largest absolute Gasteiger partial charge is 0.534 e. The van der Waals surface area contributed by atoms with Crippen LogP contribution < -0.4 is 8.37 Å². The van der Waals surface area contributed by atoms with Gasteiger partial charge in [0.15, 0.2) is 11.5 Å². The molecule has 0 aliphatic carbocycles. The molecule has 0 saturated carbocycles. The summed E-state index contributed by atoms with van der Waals surface area (Å²) in [6.45, 7) is 0. The minimum absolute atomic E-state index is 0.340. The molecule has 0 saturated heterocycles. The number of halogens is 7. The molecular weight excluding hydrogens is 506 g/mol. The minimum atomic E-state index is -6.32. The van der Waals surface area contributed by atoms with Crippen LogP contribution in [-0.2, 0) is 25.0 Å². The highest BCUT2D eigenvalue weighted by Gasteiger charge is 2.50. The zero-order chi connectivity index (χ0) is 21.4. The fraction of sp³-hybridized carbons (Fsp3) is 0.300. The van der Waals surface area contributed by atoms with E-state index >= 15 is 0 Å². The van der Waals surface area contributed by atoms with Crippen LogP contribution in [0.5, 0.6) is 11.5 Å². The molecule has 0 spiro atoms. The second-order valence-electron chi connectivity index (χ2n) is 4.24. The lowest BCUT2D eigenvalue weighted by molar-refractivity contribution is -0.0502. The summed E-state index contributed by atoms with van der Waals surface area (Å²) in [5.41, 5.74) is -12.8. The average Bonchev–Trinajstić information content (AvgIpc) is 2.47. The number of hydrogen-bond acceptors (Lipinski definition) is 8. The fourth-order valence-electron chi connectivity index (χ4n) is 1.26. The lowest BCUT2D eigenvalue weighted by Crippen LogP contribution is -2.29. The van der Waals surface area contributed by atoms with Gasteiger partial charge >= 0.3 is 37.2 Å². The first-order chi connectivity index (χ1) is 11.9. The molecule has 0 atom stereocenters. The van der Waals surface area contributed by atoms with E-state index in [9.17, 15) is 48.0 Å². The van der Waals surface area contributed by atoms with Gasteiger partial charge in [-0.25, -0.2) is 4.79 Å². The number of hydrogen-bond donors (Lipinski definition) is 0. The maximum atomic E-state index is 12.4. The highest BCUT2D eigenvalue weighted by molar-refractivity contribution is 9.10. The Morgan fingerprint density at radius 3 is 1.48 bits per heavy atom. The van der Waals surface area contributed by atoms with Gasteiger partial charge in [-0.2, -0.15) is 43.2 Å². The number of methoxy groups -OCH3 is 1. The molecule has 0 fully saturated rings. The SMILES string of the molecule is COC(=O)c1cc(OS(=O)(=O)C(F)(F)F)c(Br)c(OS(=O)(=O)C(F)(F)F)c1. The lowest BCUT2D eigenvalue weighted by Gasteiger charge is -2.15. The molecule has 0 amide bonds. The van der Waals surface area contributed by atoms with Crippen molar-refractivity contribution in [3.05, 3.63) is 22.2 Å². The first-order valence-electron chi connectivity index (χ1n) is 5.86. The second kappa shape index (κ2) is 7.34. The number of carbonyl (C=O) groups excluding carboxylic acids is 1. The monoisotopic (exact) mass is 510 g/mol. The van der Waals surface area contributed by atoms with Crippen LogP contribution in [0.25, 0.3) is 0 Å². The Kier molecular flexibility index (Phi) is 6.33. The zero-order valence-corrected chi connectivity index (χ0v) is 15.6. The van der Waals surface area contributed by atoms with E-state index in [1.54, 1.807) is 0 Å². The highest BCUT2D eigenvalue weighted by Crippen LogP contribution is 2.40. The van der Waals surface area contributed by atoms with Gasteiger partial charge in [-0.1, -0.05) is 0 Å². The second-order valence-corrected chi connectivity index (χ2v) is 8.11. The number of benzene rings is 1. The van der Waals surface area contributed by atoms with E-state index in [2.05, 4.69) is 29.0 Å². The van der Waals surface area contributed by atoms with Gasteiger partial charge in [0, 0.05) is 0 Å². The van der Waals surface area contributed by atoms with E-state index in [0.717, 1.165) is 7.11 Å². The summed E-state index contributed by atoms with van der Waals surface area (Å²) >= 11 is 2.36. The van der Waals surface area contributed by atoms with Crippen molar-refractivity contribution >= 4 is 42.1 Å². The van der Waals surface area contributed by atoms with Crippen LogP contribution in [0, 0.1) is 0 Å². The molecule has 0 aliphatic rings. The van der Waals surface area contributed by atoms with Gasteiger partial charge < -0.3 is 13.1 Å². The average molecular weight is 511 g/mol. The third kappa shape index (κ3) is 5.16. The van der Waals surface area contributed by atoms with E-state index in [4.69, 9.17) is 0 Å². The summed E-state index contributed by atoms with van der Waals surface area (Å²) in [5, 5.41) is 0. The number of ether oxygens (including phenoxy) is 1. The van der Waals surface area contributed by atoms with Gasteiger partial charge in [-0.3, -0.25) is 0 Å². The quantitative estimate of drug-likeness (QED) is 0.257. The van der Waals surface area contributed by atoms with E-state index in [1.807, 2.05) is 0 Å². The first kappa shape index (κ1) is 23.3. The van der Waals surface area contributed by atoms with E-state index < -0.39 is 58.8 Å². The molecule has 0 heterocycles. The summed E-state index contributed by atoms with van der Waals surface area (Å²) < 4.78 is 129. The lowest BCUT2D eigenvalue weighted by atomic mass is 10.2. The molecule has 0 unspecified atom stereocenters. The summed E-state index contributed by atoms with van der Waals surface area (Å²) in [7, 11) is -11.9. The Morgan fingerprint density at radius 2 is 1.22 bits per heavy atom. The first-order valence-corrected chi connectivity index (χ1v) is 9.47. The topological polar surface area (TPSA) is 113 Å². The van der Waals surface area contributed by atoms with Crippen molar-refractivity contribution in [1.29, 1.82) is 0 Å². The van der Waals surface area contributed by atoms with Crippen LogP contribution >= 0.6 is 15.9 Å². The molecule has 0 bridgehead atoms. The fourth-order valence-corrected chi connectivity index (χ4v) is 2.79. The van der Waals surface area contributed by atoms with Crippen LogP contribution in [-0.4, -0.2) is 40.9 Å². The molecule has 1 aromatic rings. The molecule has 154 valence electrons. The maximum Gasteiger partial charge on any atom is 0.534 e. The molecule has 27 heavy (non-hydrogen) atoms. The standard InChI is InChI=1S/C10H5BrF6O8S2/c1-23-8(18)4-2-5(24-26(19,20)9(12,13)14)7(11)6(3-4)25-27(21,22)10(15,16)17/h2-3H,1H3. The van der Waals surface area contributed by atoms with Crippen molar-refractivity contribution in [3.8, 4) is 11.5 Å². The van der Waals surface area contributed by atoms with Gasteiger partial charge in [0.25, 0.3) is 0 Å². The van der Waals surface area contributed by atoms with Gasteiger partial charge in [0.05, 0.1) is 12.7 Å². The molecule has 8 nitrogen and oxygen atoms in total. The van der Waals surface area contributed by atoms with E-state index in [-0.39, 0.29) is 0 Å². The smallest absolute Gasteiger partial charge is 0.465 e. The molecule has 17 heteroatoms. The van der Waals surface area contributed by atoms with Crippen molar-refractivity contribution in [1.82, 2.24) is 0 Å². The zero-order valence-electron chi connectivity index (χ0n) is 12.4. The third-order valence-corrected chi connectivity index (χ3v) is 5.11. The number of alkyl halides is 6. The predicted octanol–water partition coefficient (Wildman–Crippen LogP) is 2.69. The van der Waals surface area contributed by atoms with Gasteiger partial charge in [0.1, 0.15) is 4.47 Å². The summed E-state index contributed by atoms with van der Waals surface area (Å²) in [6, 6.07) is 0.679. The Morgan fingerprint density at radius 1 is 0.889 bits per heavy atom. The highest BCUT2D eigenvalue weighted by atomic mass is 79.9. The summed E-state index contributed by atoms with van der Waals surface area (Å²) in [4.78, 5) is 11.5. The number of carbonyl (C=O) groups is 1. The number of esters is 1. The molecule has 0 aliphatic heterocycles. The molecule has 0 radical (unpaired) electrons. The van der Waals surface area contributed by atoms with Crippen LogP contribution in [0.4, 0.5) is 26.3 Å². The molecular formula is C10H5BrF6O8S2. The van der Waals surface area contributed by atoms with E-state index in [0.29, 0.717) is 12.1 Å². The van der Waals surface area contributed by atoms with Crippen molar-refractivity contribution in [2.75, 3.05) is 7.11 Å². The van der Waals surface area contributed by atoms with Crippen LogP contribution in [0.15, 0.2) is 16.6 Å². The summed E-state index contributed by atoms with van der Waals surface area (Å²) in [6.07, 6.45) is 0. The normalized spacial score (nSPS) is 13.2. The van der Waals surface area contributed by atoms with Crippen molar-refractivity contribution in [2.45, 2.75) is 11.0 Å². The van der Waals surface area contributed by atoms with Gasteiger partial charge in [0.2, 0.25) is 0 Å². The Hall–Kier alpha value is -1.75. The maximum absolute atomic E-state index is 12.4. The molecule has 0 N–H and O–H groups in total. The van der Waals surface area contributed by atoms with Crippen molar-refractivity contribution in [3.63, 3.8) is 0 Å². The molecule has 0 aromatic heterocycles.